The first-order chi connectivity index (χ1) is 8.31. The molecule has 0 spiro atoms. The molecule has 1 fully saturated rings. The van der Waals surface area contributed by atoms with Gasteiger partial charge in [0, 0.05) is 6.04 Å². The van der Waals surface area contributed by atoms with E-state index in [0.29, 0.717) is 12.1 Å². The molecule has 0 aliphatic heterocycles. The molecule has 0 aromatic heterocycles. The number of rotatable bonds is 5. The Morgan fingerprint density at radius 1 is 1.29 bits per heavy atom. The average molecular weight is 233 g/mol. The first-order valence-electron chi connectivity index (χ1n) is 6.80. The predicted molar refractivity (Wildman–Crippen MR) is 71.6 cm³/mol. The maximum absolute atomic E-state index is 6.05. The molecule has 1 aliphatic rings. The van der Waals surface area contributed by atoms with Gasteiger partial charge in [-0.15, -0.1) is 0 Å². The van der Waals surface area contributed by atoms with Crippen molar-refractivity contribution in [2.75, 3.05) is 6.54 Å². The van der Waals surface area contributed by atoms with E-state index in [2.05, 4.69) is 43.4 Å². The van der Waals surface area contributed by atoms with Gasteiger partial charge in [0.1, 0.15) is 11.9 Å². The van der Waals surface area contributed by atoms with Crippen LogP contribution in [0, 0.1) is 0 Å². The zero-order chi connectivity index (χ0) is 12.1. The monoisotopic (exact) mass is 233 g/mol. The molecule has 0 bridgehead atoms. The molecule has 94 valence electrons. The summed E-state index contributed by atoms with van der Waals surface area (Å²) in [5.74, 6) is 1.03. The first kappa shape index (κ1) is 12.4. The van der Waals surface area contributed by atoms with Gasteiger partial charge >= 0.3 is 0 Å². The van der Waals surface area contributed by atoms with E-state index >= 15 is 0 Å². The number of hydrogen-bond acceptors (Lipinski definition) is 2. The van der Waals surface area contributed by atoms with Crippen LogP contribution in [0.2, 0.25) is 0 Å². The Hall–Kier alpha value is -1.02. The molecule has 2 nitrogen and oxygen atoms in total. The van der Waals surface area contributed by atoms with Crippen molar-refractivity contribution in [3.63, 3.8) is 0 Å². The van der Waals surface area contributed by atoms with Crippen LogP contribution in [0.1, 0.15) is 38.7 Å². The van der Waals surface area contributed by atoms with Crippen LogP contribution in [-0.2, 0) is 6.42 Å². The van der Waals surface area contributed by atoms with Crippen molar-refractivity contribution in [3.8, 4) is 5.75 Å². The van der Waals surface area contributed by atoms with Crippen LogP contribution in [0.25, 0.3) is 0 Å². The largest absolute Gasteiger partial charge is 0.490 e. The third kappa shape index (κ3) is 3.47. The first-order valence-corrected chi connectivity index (χ1v) is 6.80. The summed E-state index contributed by atoms with van der Waals surface area (Å²) in [6, 6.07) is 9.13. The van der Waals surface area contributed by atoms with Crippen molar-refractivity contribution >= 4 is 0 Å². The minimum Gasteiger partial charge on any atom is -0.490 e. The third-order valence-electron chi connectivity index (χ3n) is 3.49. The fraction of sp³-hybridized carbons (Fsp3) is 0.600. The fourth-order valence-corrected chi connectivity index (χ4v) is 2.55. The Morgan fingerprint density at radius 3 is 2.94 bits per heavy atom. The molecule has 17 heavy (non-hydrogen) atoms. The standard InChI is InChI=1S/C15H23NO/c1-3-12-6-5-7-14(10-12)17-15-9-8-13(11-15)16-4-2/h5-7,10,13,15-16H,3-4,8-9,11H2,1-2H3. The highest BCUT2D eigenvalue weighted by atomic mass is 16.5. The van der Waals surface area contributed by atoms with Crippen LogP contribution in [0.15, 0.2) is 24.3 Å². The Bertz CT molecular complexity index is 351. The highest BCUT2D eigenvalue weighted by molar-refractivity contribution is 5.28. The van der Waals surface area contributed by atoms with E-state index in [0.717, 1.165) is 25.1 Å². The second-order valence-electron chi connectivity index (χ2n) is 4.81. The minimum atomic E-state index is 0.395. The zero-order valence-electron chi connectivity index (χ0n) is 10.9. The second-order valence-corrected chi connectivity index (χ2v) is 4.81. The van der Waals surface area contributed by atoms with Gasteiger partial charge in [-0.3, -0.25) is 0 Å². The molecule has 2 atom stereocenters. The molecule has 1 aromatic carbocycles. The summed E-state index contributed by atoms with van der Waals surface area (Å²) in [4.78, 5) is 0. The van der Waals surface area contributed by atoms with Gasteiger partial charge in [0.25, 0.3) is 0 Å². The van der Waals surface area contributed by atoms with Gasteiger partial charge in [0.2, 0.25) is 0 Å². The van der Waals surface area contributed by atoms with E-state index < -0.39 is 0 Å². The molecule has 2 unspecified atom stereocenters. The summed E-state index contributed by atoms with van der Waals surface area (Å²) < 4.78 is 6.05. The van der Waals surface area contributed by atoms with E-state index in [1.54, 1.807) is 0 Å². The van der Waals surface area contributed by atoms with Gasteiger partial charge in [0.05, 0.1) is 0 Å². The van der Waals surface area contributed by atoms with Crippen molar-refractivity contribution in [2.24, 2.45) is 0 Å². The number of ether oxygens (including phenoxy) is 1. The minimum absolute atomic E-state index is 0.395. The van der Waals surface area contributed by atoms with Gasteiger partial charge in [-0.2, -0.15) is 0 Å². The molecular weight excluding hydrogens is 210 g/mol. The lowest BCUT2D eigenvalue weighted by molar-refractivity contribution is 0.206. The van der Waals surface area contributed by atoms with Gasteiger partial charge < -0.3 is 10.1 Å². The van der Waals surface area contributed by atoms with E-state index in [4.69, 9.17) is 4.74 Å². The number of hydrogen-bond donors (Lipinski definition) is 1. The van der Waals surface area contributed by atoms with Crippen molar-refractivity contribution < 1.29 is 4.74 Å². The maximum Gasteiger partial charge on any atom is 0.119 e. The van der Waals surface area contributed by atoms with Crippen LogP contribution < -0.4 is 10.1 Å². The molecule has 0 heterocycles. The quantitative estimate of drug-likeness (QED) is 0.843. The summed E-state index contributed by atoms with van der Waals surface area (Å²) in [6.07, 6.45) is 5.03. The zero-order valence-corrected chi connectivity index (χ0v) is 10.9. The topological polar surface area (TPSA) is 21.3 Å². The maximum atomic E-state index is 6.05. The number of aryl methyl sites for hydroxylation is 1. The molecule has 0 radical (unpaired) electrons. The lowest BCUT2D eigenvalue weighted by atomic mass is 10.1. The molecule has 1 N–H and O–H groups in total. The Morgan fingerprint density at radius 2 is 2.18 bits per heavy atom. The highest BCUT2D eigenvalue weighted by Gasteiger charge is 2.25. The molecule has 1 saturated carbocycles. The molecule has 0 amide bonds. The SMILES string of the molecule is CCNC1CCC(Oc2cccc(CC)c2)C1. The van der Waals surface area contributed by atoms with Crippen LogP contribution in [0.3, 0.4) is 0 Å². The normalized spacial score (nSPS) is 23.9. The van der Waals surface area contributed by atoms with Crippen molar-refractivity contribution in [1.29, 1.82) is 0 Å². The van der Waals surface area contributed by atoms with Crippen molar-refractivity contribution in [2.45, 2.75) is 51.7 Å². The van der Waals surface area contributed by atoms with E-state index in [9.17, 15) is 0 Å². The molecule has 2 heteroatoms. The predicted octanol–water partition coefficient (Wildman–Crippen LogP) is 3.16. The lowest BCUT2D eigenvalue weighted by Crippen LogP contribution is -2.27. The molecular formula is C15H23NO. The van der Waals surface area contributed by atoms with Crippen LogP contribution >= 0.6 is 0 Å². The van der Waals surface area contributed by atoms with E-state index in [1.165, 1.54) is 18.4 Å². The van der Waals surface area contributed by atoms with Gasteiger partial charge in [-0.1, -0.05) is 26.0 Å². The smallest absolute Gasteiger partial charge is 0.119 e. The number of nitrogens with one attached hydrogen (secondary N) is 1. The molecule has 0 saturated heterocycles. The van der Waals surface area contributed by atoms with Gasteiger partial charge in [-0.05, 0) is 49.9 Å². The third-order valence-corrected chi connectivity index (χ3v) is 3.49. The Labute approximate surface area is 104 Å². The summed E-state index contributed by atoms with van der Waals surface area (Å²) in [5, 5.41) is 3.50. The van der Waals surface area contributed by atoms with Gasteiger partial charge in [-0.25, -0.2) is 0 Å². The Balaban J connectivity index is 1.88. The second kappa shape index (κ2) is 6.06. The molecule has 1 aromatic rings. The lowest BCUT2D eigenvalue weighted by Gasteiger charge is -2.15. The van der Waals surface area contributed by atoms with E-state index in [1.807, 2.05) is 0 Å². The van der Waals surface area contributed by atoms with Crippen LogP contribution in [-0.4, -0.2) is 18.7 Å². The highest BCUT2D eigenvalue weighted by Crippen LogP contribution is 2.25. The summed E-state index contributed by atoms with van der Waals surface area (Å²) in [5.41, 5.74) is 1.35. The summed E-state index contributed by atoms with van der Waals surface area (Å²) in [7, 11) is 0. The van der Waals surface area contributed by atoms with Crippen LogP contribution in [0.4, 0.5) is 0 Å². The average Bonchev–Trinajstić information content (AvgIpc) is 2.77. The Kier molecular flexibility index (Phi) is 4.43. The van der Waals surface area contributed by atoms with Crippen molar-refractivity contribution in [1.82, 2.24) is 5.32 Å². The summed E-state index contributed by atoms with van der Waals surface area (Å²) in [6.45, 7) is 5.40. The number of benzene rings is 1. The van der Waals surface area contributed by atoms with Crippen molar-refractivity contribution in [3.05, 3.63) is 29.8 Å². The molecule has 2 rings (SSSR count). The summed E-state index contributed by atoms with van der Waals surface area (Å²) >= 11 is 0. The molecule has 1 aliphatic carbocycles. The fourth-order valence-electron chi connectivity index (χ4n) is 2.55. The van der Waals surface area contributed by atoms with Gasteiger partial charge in [0.15, 0.2) is 0 Å². The van der Waals surface area contributed by atoms with Crippen LogP contribution in [0.5, 0.6) is 5.75 Å². The van der Waals surface area contributed by atoms with E-state index in [-0.39, 0.29) is 0 Å².